The van der Waals surface area contributed by atoms with Crippen molar-refractivity contribution in [3.63, 3.8) is 0 Å². The summed E-state index contributed by atoms with van der Waals surface area (Å²) in [6.07, 6.45) is -1.70. The number of amides is 1. The van der Waals surface area contributed by atoms with Gasteiger partial charge in [-0.15, -0.1) is 0 Å². The molecule has 1 N–H and O–H groups in total. The number of nitrogens with one attached hydrogen (secondary N) is 1. The lowest BCUT2D eigenvalue weighted by atomic mass is 10.1. The molecule has 0 atom stereocenters. The molecule has 28 heavy (non-hydrogen) atoms. The van der Waals surface area contributed by atoms with Gasteiger partial charge in [-0.1, -0.05) is 23.7 Å². The summed E-state index contributed by atoms with van der Waals surface area (Å²) in [6, 6.07) is 10.9. The fourth-order valence-electron chi connectivity index (χ4n) is 2.32. The van der Waals surface area contributed by atoms with Crippen LogP contribution < -0.4 is 10.1 Å². The highest BCUT2D eigenvalue weighted by Gasteiger charge is 2.30. The van der Waals surface area contributed by atoms with Crippen molar-refractivity contribution in [1.82, 2.24) is 10.2 Å². The minimum Gasteiger partial charge on any atom is -0.487 e. The third-order valence-corrected chi connectivity index (χ3v) is 3.98. The van der Waals surface area contributed by atoms with E-state index in [1.807, 2.05) is 0 Å². The molecule has 9 heteroatoms. The molecule has 0 saturated heterocycles. The Balaban J connectivity index is 1.66. The second kappa shape index (κ2) is 8.26. The number of alkyl halides is 3. The SMILES string of the molecule is O=C(Nc1ccc(OCc2cccc(C(F)(F)F)c2)c(Cl)c1)c1ccnnc1. The average Bonchev–Trinajstić information content (AvgIpc) is 2.67. The standard InChI is InChI=1S/C19H13ClF3N3O2/c20-16-9-15(26-18(27)13-6-7-24-25-10-13)4-5-17(16)28-11-12-2-1-3-14(8-12)19(21,22)23/h1-10H,11H2,(H,26,27). The van der Waals surface area contributed by atoms with Gasteiger partial charge in [0.1, 0.15) is 12.4 Å². The van der Waals surface area contributed by atoms with Crippen molar-refractivity contribution in [2.75, 3.05) is 5.32 Å². The second-order valence-corrected chi connectivity index (χ2v) is 6.12. The van der Waals surface area contributed by atoms with E-state index in [2.05, 4.69) is 15.5 Å². The first kappa shape index (κ1) is 19.6. The van der Waals surface area contributed by atoms with E-state index >= 15 is 0 Å². The summed E-state index contributed by atoms with van der Waals surface area (Å²) in [5, 5.41) is 10.1. The second-order valence-electron chi connectivity index (χ2n) is 5.72. The van der Waals surface area contributed by atoms with Gasteiger partial charge in [0.05, 0.1) is 28.5 Å². The Labute approximate surface area is 163 Å². The molecule has 1 heterocycles. The Kier molecular flexibility index (Phi) is 5.79. The molecule has 0 aliphatic carbocycles. The Bertz CT molecular complexity index is 982. The number of carbonyl (C=O) groups is 1. The predicted molar refractivity (Wildman–Crippen MR) is 97.2 cm³/mol. The van der Waals surface area contributed by atoms with Crippen molar-refractivity contribution in [2.45, 2.75) is 12.8 Å². The number of anilines is 1. The van der Waals surface area contributed by atoms with Crippen LogP contribution in [-0.4, -0.2) is 16.1 Å². The van der Waals surface area contributed by atoms with E-state index in [9.17, 15) is 18.0 Å². The molecule has 0 fully saturated rings. The summed E-state index contributed by atoms with van der Waals surface area (Å²) in [6.45, 7) is -0.0853. The monoisotopic (exact) mass is 407 g/mol. The largest absolute Gasteiger partial charge is 0.487 e. The van der Waals surface area contributed by atoms with Gasteiger partial charge in [-0.25, -0.2) is 0 Å². The molecular weight excluding hydrogens is 395 g/mol. The summed E-state index contributed by atoms with van der Waals surface area (Å²) >= 11 is 6.15. The number of carbonyl (C=O) groups excluding carboxylic acids is 1. The first-order valence-electron chi connectivity index (χ1n) is 7.99. The van der Waals surface area contributed by atoms with Crippen LogP contribution in [0.15, 0.2) is 60.9 Å². The molecule has 1 aromatic heterocycles. The summed E-state index contributed by atoms with van der Waals surface area (Å²) in [5.74, 6) is -0.105. The van der Waals surface area contributed by atoms with Crippen molar-refractivity contribution in [3.8, 4) is 5.75 Å². The third-order valence-electron chi connectivity index (χ3n) is 3.68. The molecule has 0 spiro atoms. The Morgan fingerprint density at radius 1 is 1.11 bits per heavy atom. The molecule has 0 aliphatic heterocycles. The number of hydrogen-bond acceptors (Lipinski definition) is 4. The zero-order valence-corrected chi connectivity index (χ0v) is 15.0. The van der Waals surface area contributed by atoms with Crippen LogP contribution in [0.4, 0.5) is 18.9 Å². The molecular formula is C19H13ClF3N3O2. The highest BCUT2D eigenvalue weighted by Crippen LogP contribution is 2.31. The molecule has 144 valence electrons. The van der Waals surface area contributed by atoms with Gasteiger partial charge in [0.2, 0.25) is 0 Å². The fourth-order valence-corrected chi connectivity index (χ4v) is 2.56. The maximum atomic E-state index is 12.8. The van der Waals surface area contributed by atoms with Gasteiger partial charge in [0.25, 0.3) is 5.91 Å². The van der Waals surface area contributed by atoms with Gasteiger partial charge < -0.3 is 10.1 Å². The van der Waals surface area contributed by atoms with Crippen LogP contribution in [0.25, 0.3) is 0 Å². The smallest absolute Gasteiger partial charge is 0.416 e. The lowest BCUT2D eigenvalue weighted by Crippen LogP contribution is -2.12. The lowest BCUT2D eigenvalue weighted by Gasteiger charge is -2.12. The van der Waals surface area contributed by atoms with Crippen LogP contribution in [0.1, 0.15) is 21.5 Å². The maximum Gasteiger partial charge on any atom is 0.416 e. The van der Waals surface area contributed by atoms with E-state index in [-0.39, 0.29) is 23.3 Å². The van der Waals surface area contributed by atoms with Crippen molar-refractivity contribution in [2.24, 2.45) is 0 Å². The number of ether oxygens (including phenoxy) is 1. The van der Waals surface area contributed by atoms with Crippen molar-refractivity contribution in [3.05, 3.63) is 82.6 Å². The lowest BCUT2D eigenvalue weighted by molar-refractivity contribution is -0.137. The average molecular weight is 408 g/mol. The highest BCUT2D eigenvalue weighted by molar-refractivity contribution is 6.32. The molecule has 5 nitrogen and oxygen atoms in total. The summed E-state index contributed by atoms with van der Waals surface area (Å²) in [7, 11) is 0. The van der Waals surface area contributed by atoms with Gasteiger partial charge in [0, 0.05) is 5.69 Å². The molecule has 0 radical (unpaired) electrons. The highest BCUT2D eigenvalue weighted by atomic mass is 35.5. The summed E-state index contributed by atoms with van der Waals surface area (Å²) < 4.78 is 43.8. The zero-order valence-electron chi connectivity index (χ0n) is 14.2. The van der Waals surface area contributed by atoms with E-state index in [4.69, 9.17) is 16.3 Å². The number of halogens is 4. The number of rotatable bonds is 5. The molecule has 3 rings (SSSR count). The van der Waals surface area contributed by atoms with Crippen molar-refractivity contribution < 1.29 is 22.7 Å². The molecule has 1 amide bonds. The van der Waals surface area contributed by atoms with E-state index < -0.39 is 11.7 Å². The van der Waals surface area contributed by atoms with Gasteiger partial charge in [-0.05, 0) is 42.0 Å². The third kappa shape index (κ3) is 4.98. The fraction of sp³-hybridized carbons (Fsp3) is 0.105. The Hall–Kier alpha value is -3.13. The number of nitrogens with zero attached hydrogens (tertiary/aromatic N) is 2. The molecule has 0 aliphatic rings. The van der Waals surface area contributed by atoms with Crippen LogP contribution >= 0.6 is 11.6 Å². The van der Waals surface area contributed by atoms with Crippen LogP contribution in [0.3, 0.4) is 0 Å². The molecule has 0 saturated carbocycles. The first-order chi connectivity index (χ1) is 13.3. The van der Waals surface area contributed by atoms with Crippen LogP contribution in [0.2, 0.25) is 5.02 Å². The Morgan fingerprint density at radius 3 is 2.61 bits per heavy atom. The number of hydrogen-bond donors (Lipinski definition) is 1. The minimum absolute atomic E-state index is 0.0853. The van der Waals surface area contributed by atoms with E-state index in [0.29, 0.717) is 16.8 Å². The minimum atomic E-state index is -4.42. The first-order valence-corrected chi connectivity index (χ1v) is 8.37. The maximum absolute atomic E-state index is 12.8. The molecule has 0 bridgehead atoms. The van der Waals surface area contributed by atoms with Crippen LogP contribution in [0.5, 0.6) is 5.75 Å². The van der Waals surface area contributed by atoms with Crippen molar-refractivity contribution >= 4 is 23.2 Å². The molecule has 0 unspecified atom stereocenters. The van der Waals surface area contributed by atoms with Crippen molar-refractivity contribution in [1.29, 1.82) is 0 Å². The van der Waals surface area contributed by atoms with Gasteiger partial charge in [-0.2, -0.15) is 23.4 Å². The molecule has 2 aromatic carbocycles. The zero-order chi connectivity index (χ0) is 20.1. The normalized spacial score (nSPS) is 11.1. The van der Waals surface area contributed by atoms with Gasteiger partial charge >= 0.3 is 6.18 Å². The summed E-state index contributed by atoms with van der Waals surface area (Å²) in [5.41, 5.74) is 0.367. The van der Waals surface area contributed by atoms with E-state index in [1.54, 1.807) is 6.07 Å². The topological polar surface area (TPSA) is 64.1 Å². The number of aromatic nitrogens is 2. The van der Waals surface area contributed by atoms with Gasteiger partial charge in [-0.3, -0.25) is 4.79 Å². The van der Waals surface area contributed by atoms with E-state index in [1.165, 1.54) is 42.7 Å². The van der Waals surface area contributed by atoms with Crippen LogP contribution in [-0.2, 0) is 12.8 Å². The molecule has 3 aromatic rings. The summed E-state index contributed by atoms with van der Waals surface area (Å²) in [4.78, 5) is 12.1. The van der Waals surface area contributed by atoms with Crippen LogP contribution in [0, 0.1) is 0 Å². The van der Waals surface area contributed by atoms with Gasteiger partial charge in [0.15, 0.2) is 0 Å². The number of benzene rings is 2. The quantitative estimate of drug-likeness (QED) is 0.648. The van der Waals surface area contributed by atoms with E-state index in [0.717, 1.165) is 12.1 Å². The predicted octanol–water partition coefficient (Wildman–Crippen LogP) is 4.98. The Morgan fingerprint density at radius 2 is 1.93 bits per heavy atom.